The molecule has 0 radical (unpaired) electrons. The molecule has 1 aromatic carbocycles. The molecule has 0 bridgehead atoms. The number of carboxylic acids is 1. The highest BCUT2D eigenvalue weighted by Crippen LogP contribution is 2.20. The predicted octanol–water partition coefficient (Wildman–Crippen LogP) is 2.78. The lowest BCUT2D eigenvalue weighted by Gasteiger charge is -2.15. The smallest absolute Gasteiger partial charge is 0.355 e. The molecule has 0 unspecified atom stereocenters. The number of hydrogen-bond acceptors (Lipinski definition) is 4. The number of aromatic carboxylic acids is 1. The Morgan fingerprint density at radius 2 is 2.00 bits per heavy atom. The second-order valence-corrected chi connectivity index (χ2v) is 5.76. The van der Waals surface area contributed by atoms with Gasteiger partial charge in [-0.1, -0.05) is 30.3 Å². The van der Waals surface area contributed by atoms with Crippen molar-refractivity contribution in [2.75, 3.05) is 7.05 Å². The highest BCUT2D eigenvalue weighted by Gasteiger charge is 2.17. The van der Waals surface area contributed by atoms with Crippen molar-refractivity contribution >= 4 is 17.3 Å². The van der Waals surface area contributed by atoms with Crippen LogP contribution in [0.1, 0.15) is 25.9 Å². The Morgan fingerprint density at radius 1 is 1.32 bits per heavy atom. The highest BCUT2D eigenvalue weighted by molar-refractivity contribution is 7.11. The third-order valence-electron chi connectivity index (χ3n) is 2.72. The van der Waals surface area contributed by atoms with Crippen LogP contribution < -0.4 is 0 Å². The predicted molar refractivity (Wildman–Crippen MR) is 75.4 cm³/mol. The Labute approximate surface area is 116 Å². The molecule has 0 aliphatic rings. The van der Waals surface area contributed by atoms with Gasteiger partial charge >= 0.3 is 5.97 Å². The van der Waals surface area contributed by atoms with Crippen molar-refractivity contribution in [1.82, 2.24) is 9.88 Å². The minimum absolute atomic E-state index is 0.183. The van der Waals surface area contributed by atoms with Crippen LogP contribution in [0.15, 0.2) is 30.3 Å². The first-order valence-electron chi connectivity index (χ1n) is 5.98. The van der Waals surface area contributed by atoms with Gasteiger partial charge in [0.25, 0.3) is 0 Å². The van der Waals surface area contributed by atoms with Crippen molar-refractivity contribution < 1.29 is 9.90 Å². The third-order valence-corrected chi connectivity index (χ3v) is 3.67. The van der Waals surface area contributed by atoms with Gasteiger partial charge in [0.15, 0.2) is 5.69 Å². The SMILES string of the molecule is Cc1nc(C(=O)O)c(CN(C)Cc2ccccc2)s1. The van der Waals surface area contributed by atoms with Crippen LogP contribution in [-0.2, 0) is 13.1 Å². The lowest BCUT2D eigenvalue weighted by Crippen LogP contribution is -2.18. The molecule has 0 aliphatic carbocycles. The van der Waals surface area contributed by atoms with E-state index in [9.17, 15) is 4.79 Å². The average Bonchev–Trinajstić information content (AvgIpc) is 2.71. The minimum Gasteiger partial charge on any atom is -0.476 e. The molecular weight excluding hydrogens is 260 g/mol. The van der Waals surface area contributed by atoms with Crippen molar-refractivity contribution in [3.63, 3.8) is 0 Å². The van der Waals surface area contributed by atoms with Gasteiger partial charge in [0, 0.05) is 13.1 Å². The maximum atomic E-state index is 11.1. The monoisotopic (exact) mass is 276 g/mol. The second kappa shape index (κ2) is 5.95. The van der Waals surface area contributed by atoms with E-state index in [0.29, 0.717) is 6.54 Å². The zero-order chi connectivity index (χ0) is 13.8. The van der Waals surface area contributed by atoms with E-state index < -0.39 is 5.97 Å². The molecule has 0 fully saturated rings. The van der Waals surface area contributed by atoms with Gasteiger partial charge in [-0.25, -0.2) is 9.78 Å². The maximum absolute atomic E-state index is 11.1. The van der Waals surface area contributed by atoms with Crippen molar-refractivity contribution in [3.05, 3.63) is 51.5 Å². The zero-order valence-electron chi connectivity index (χ0n) is 11.0. The van der Waals surface area contributed by atoms with E-state index in [1.165, 1.54) is 16.9 Å². The van der Waals surface area contributed by atoms with Crippen LogP contribution in [0, 0.1) is 6.92 Å². The standard InChI is InChI=1S/C14H16N2O2S/c1-10-15-13(14(17)18)12(19-10)9-16(2)8-11-6-4-3-5-7-11/h3-7H,8-9H2,1-2H3,(H,17,18). The lowest BCUT2D eigenvalue weighted by molar-refractivity contribution is 0.0689. The molecule has 1 heterocycles. The molecule has 0 saturated heterocycles. The van der Waals surface area contributed by atoms with Crippen LogP contribution in [0.5, 0.6) is 0 Å². The van der Waals surface area contributed by atoms with Crippen molar-refractivity contribution in [2.24, 2.45) is 0 Å². The summed E-state index contributed by atoms with van der Waals surface area (Å²) < 4.78 is 0. The normalized spacial score (nSPS) is 10.9. The maximum Gasteiger partial charge on any atom is 0.355 e. The van der Waals surface area contributed by atoms with E-state index in [1.807, 2.05) is 32.2 Å². The van der Waals surface area contributed by atoms with Crippen LogP contribution in [0.2, 0.25) is 0 Å². The Morgan fingerprint density at radius 3 is 2.63 bits per heavy atom. The summed E-state index contributed by atoms with van der Waals surface area (Å²) in [6.07, 6.45) is 0. The molecule has 0 aliphatic heterocycles. The van der Waals surface area contributed by atoms with Gasteiger partial charge in [0.1, 0.15) is 0 Å². The molecular formula is C14H16N2O2S. The molecule has 1 N–H and O–H groups in total. The van der Waals surface area contributed by atoms with Crippen LogP contribution in [0.4, 0.5) is 0 Å². The van der Waals surface area contributed by atoms with Crippen LogP contribution >= 0.6 is 11.3 Å². The molecule has 4 nitrogen and oxygen atoms in total. The third kappa shape index (κ3) is 3.62. The van der Waals surface area contributed by atoms with E-state index in [4.69, 9.17) is 5.11 Å². The molecule has 5 heteroatoms. The summed E-state index contributed by atoms with van der Waals surface area (Å²) in [4.78, 5) is 18.1. The van der Waals surface area contributed by atoms with Crippen molar-refractivity contribution in [3.8, 4) is 0 Å². The summed E-state index contributed by atoms with van der Waals surface area (Å²) in [6, 6.07) is 10.1. The van der Waals surface area contributed by atoms with E-state index in [-0.39, 0.29) is 5.69 Å². The highest BCUT2D eigenvalue weighted by atomic mass is 32.1. The molecule has 100 valence electrons. The summed E-state index contributed by atoms with van der Waals surface area (Å²) >= 11 is 1.45. The Bertz CT molecular complexity index is 566. The van der Waals surface area contributed by atoms with Crippen LogP contribution in [0.25, 0.3) is 0 Å². The molecule has 0 spiro atoms. The van der Waals surface area contributed by atoms with Gasteiger partial charge in [-0.05, 0) is 19.5 Å². The molecule has 1 aromatic heterocycles. The number of aryl methyl sites for hydroxylation is 1. The second-order valence-electron chi connectivity index (χ2n) is 4.47. The quantitative estimate of drug-likeness (QED) is 0.912. The number of nitrogens with zero attached hydrogens (tertiary/aromatic N) is 2. The van der Waals surface area contributed by atoms with Gasteiger partial charge in [-0.15, -0.1) is 11.3 Å². The molecule has 2 rings (SSSR count). The Kier molecular flexibility index (Phi) is 4.29. The van der Waals surface area contributed by atoms with Crippen LogP contribution in [-0.4, -0.2) is 28.0 Å². The molecule has 2 aromatic rings. The van der Waals surface area contributed by atoms with E-state index in [2.05, 4.69) is 22.0 Å². The van der Waals surface area contributed by atoms with Gasteiger partial charge in [-0.3, -0.25) is 4.90 Å². The minimum atomic E-state index is -0.951. The van der Waals surface area contributed by atoms with Gasteiger partial charge in [-0.2, -0.15) is 0 Å². The lowest BCUT2D eigenvalue weighted by atomic mass is 10.2. The number of rotatable bonds is 5. The van der Waals surface area contributed by atoms with E-state index in [1.54, 1.807) is 0 Å². The van der Waals surface area contributed by atoms with Gasteiger partial charge in [0.2, 0.25) is 0 Å². The van der Waals surface area contributed by atoms with Gasteiger partial charge in [0.05, 0.1) is 9.88 Å². The summed E-state index contributed by atoms with van der Waals surface area (Å²) in [5.74, 6) is -0.951. The summed E-state index contributed by atoms with van der Waals surface area (Å²) in [5, 5.41) is 9.90. The molecule has 0 atom stereocenters. The summed E-state index contributed by atoms with van der Waals surface area (Å²) in [7, 11) is 1.98. The van der Waals surface area contributed by atoms with Crippen molar-refractivity contribution in [1.29, 1.82) is 0 Å². The van der Waals surface area contributed by atoms with E-state index >= 15 is 0 Å². The number of carbonyl (C=O) groups is 1. The number of benzene rings is 1. The van der Waals surface area contributed by atoms with Gasteiger partial charge < -0.3 is 5.11 Å². The first-order valence-corrected chi connectivity index (χ1v) is 6.80. The number of thiazole rings is 1. The fraction of sp³-hybridized carbons (Fsp3) is 0.286. The number of hydrogen-bond donors (Lipinski definition) is 1. The summed E-state index contributed by atoms with van der Waals surface area (Å²) in [6.45, 7) is 3.22. The Hall–Kier alpha value is -1.72. The molecule has 19 heavy (non-hydrogen) atoms. The molecule has 0 amide bonds. The summed E-state index contributed by atoms with van der Waals surface area (Å²) in [5.41, 5.74) is 1.39. The Balaban J connectivity index is 2.07. The number of carboxylic acid groups (broad SMARTS) is 1. The zero-order valence-corrected chi connectivity index (χ0v) is 11.8. The van der Waals surface area contributed by atoms with Crippen LogP contribution in [0.3, 0.4) is 0 Å². The average molecular weight is 276 g/mol. The fourth-order valence-electron chi connectivity index (χ4n) is 1.94. The topological polar surface area (TPSA) is 53.4 Å². The largest absolute Gasteiger partial charge is 0.476 e. The first kappa shape index (κ1) is 13.7. The first-order chi connectivity index (χ1) is 9.06. The fourth-order valence-corrected chi connectivity index (χ4v) is 2.95. The molecule has 0 saturated carbocycles. The number of aromatic nitrogens is 1. The van der Waals surface area contributed by atoms with E-state index in [0.717, 1.165) is 16.4 Å². The van der Waals surface area contributed by atoms with Crippen molar-refractivity contribution in [2.45, 2.75) is 20.0 Å².